The van der Waals surface area contributed by atoms with Crippen LogP contribution in [0.2, 0.25) is 0 Å². The van der Waals surface area contributed by atoms with Crippen LogP contribution in [0, 0.1) is 0 Å². The zero-order valence-corrected chi connectivity index (χ0v) is 17.2. The number of amides is 1. The molecule has 168 valence electrons. The van der Waals surface area contributed by atoms with Crippen molar-refractivity contribution in [3.63, 3.8) is 0 Å². The number of aliphatic hydroxyl groups is 1. The predicted molar refractivity (Wildman–Crippen MR) is 114 cm³/mol. The highest BCUT2D eigenvalue weighted by atomic mass is 19.4. The zero-order valence-electron chi connectivity index (χ0n) is 17.2. The van der Waals surface area contributed by atoms with E-state index in [1.54, 1.807) is 30.3 Å². The van der Waals surface area contributed by atoms with Crippen molar-refractivity contribution in [1.29, 1.82) is 0 Å². The molecule has 0 unspecified atom stereocenters. The van der Waals surface area contributed by atoms with Gasteiger partial charge in [0.05, 0.1) is 5.52 Å². The van der Waals surface area contributed by atoms with Crippen molar-refractivity contribution in [2.75, 3.05) is 13.1 Å². The molecule has 9 heteroatoms. The van der Waals surface area contributed by atoms with Crippen molar-refractivity contribution in [3.8, 4) is 0 Å². The molecule has 1 aromatic carbocycles. The SMILES string of the molecule is NC(=O)C(O)=Cc1ccc([C@@H]2CCCN2CCc2c(C(F)(F)F)nn3ccccc23)cc1. The normalized spacial score (nSPS) is 17.8. The summed E-state index contributed by atoms with van der Waals surface area (Å²) in [6, 6.07) is 12.5. The number of halogens is 3. The Morgan fingerprint density at radius 3 is 2.66 bits per heavy atom. The largest absolute Gasteiger partial charge is 0.503 e. The summed E-state index contributed by atoms with van der Waals surface area (Å²) in [5.41, 5.74) is 6.57. The summed E-state index contributed by atoms with van der Waals surface area (Å²) in [5, 5.41) is 13.3. The Kier molecular flexibility index (Phi) is 5.92. The van der Waals surface area contributed by atoms with E-state index in [0.717, 1.165) is 24.9 Å². The molecule has 1 saturated heterocycles. The number of aliphatic hydroxyl groups excluding tert-OH is 1. The van der Waals surface area contributed by atoms with E-state index in [2.05, 4.69) is 10.00 Å². The Hall–Kier alpha value is -3.33. The molecule has 1 amide bonds. The van der Waals surface area contributed by atoms with E-state index in [-0.39, 0.29) is 18.0 Å². The number of pyridine rings is 1. The lowest BCUT2D eigenvalue weighted by Crippen LogP contribution is -2.26. The third-order valence-electron chi connectivity index (χ3n) is 5.80. The summed E-state index contributed by atoms with van der Waals surface area (Å²) in [4.78, 5) is 13.2. The minimum Gasteiger partial charge on any atom is -0.503 e. The minimum absolute atomic E-state index is 0.0916. The first-order valence-electron chi connectivity index (χ1n) is 10.3. The van der Waals surface area contributed by atoms with Crippen molar-refractivity contribution < 1.29 is 23.1 Å². The molecule has 6 nitrogen and oxygen atoms in total. The van der Waals surface area contributed by atoms with Crippen LogP contribution in [0.25, 0.3) is 11.6 Å². The highest BCUT2D eigenvalue weighted by Gasteiger charge is 2.38. The predicted octanol–water partition coefficient (Wildman–Crippen LogP) is 4.12. The van der Waals surface area contributed by atoms with Crippen molar-refractivity contribution in [3.05, 3.63) is 76.8 Å². The van der Waals surface area contributed by atoms with E-state index in [0.29, 0.717) is 17.6 Å². The number of aromatic nitrogens is 2. The number of nitrogens with zero attached hydrogens (tertiary/aromatic N) is 3. The van der Waals surface area contributed by atoms with Crippen molar-refractivity contribution in [1.82, 2.24) is 14.5 Å². The van der Waals surface area contributed by atoms with Crippen LogP contribution in [0.4, 0.5) is 13.2 Å². The van der Waals surface area contributed by atoms with E-state index in [1.807, 2.05) is 12.1 Å². The number of rotatable bonds is 6. The monoisotopic (exact) mass is 444 g/mol. The van der Waals surface area contributed by atoms with Crippen LogP contribution in [0.15, 0.2) is 54.4 Å². The van der Waals surface area contributed by atoms with Crippen molar-refractivity contribution in [2.45, 2.75) is 31.5 Å². The number of hydrogen-bond donors (Lipinski definition) is 2. The Labute approximate surface area is 182 Å². The second kappa shape index (κ2) is 8.66. The zero-order chi connectivity index (χ0) is 22.9. The van der Waals surface area contributed by atoms with Crippen LogP contribution in [0.3, 0.4) is 0 Å². The lowest BCUT2D eigenvalue weighted by Gasteiger charge is -2.25. The summed E-state index contributed by atoms with van der Waals surface area (Å²) in [6.45, 7) is 1.28. The van der Waals surface area contributed by atoms with Crippen molar-refractivity contribution >= 4 is 17.5 Å². The van der Waals surface area contributed by atoms with Crippen LogP contribution in [0.1, 0.15) is 41.3 Å². The van der Waals surface area contributed by atoms with E-state index < -0.39 is 23.5 Å². The molecule has 1 fully saturated rings. The molecule has 0 radical (unpaired) electrons. The Balaban J connectivity index is 1.52. The molecular weight excluding hydrogens is 421 g/mol. The first kappa shape index (κ1) is 21.9. The maximum absolute atomic E-state index is 13.6. The van der Waals surface area contributed by atoms with Crippen LogP contribution < -0.4 is 5.73 Å². The lowest BCUT2D eigenvalue weighted by atomic mass is 10.0. The molecule has 0 saturated carbocycles. The number of primary amides is 1. The quantitative estimate of drug-likeness (QED) is 0.443. The highest BCUT2D eigenvalue weighted by molar-refractivity contribution is 5.93. The second-order valence-electron chi connectivity index (χ2n) is 7.86. The van der Waals surface area contributed by atoms with Crippen LogP contribution in [0.5, 0.6) is 0 Å². The second-order valence-corrected chi connectivity index (χ2v) is 7.86. The molecule has 0 spiro atoms. The molecule has 1 atom stereocenters. The molecule has 0 bridgehead atoms. The number of carbonyl (C=O) groups excluding carboxylic acids is 1. The fourth-order valence-corrected chi connectivity index (χ4v) is 4.29. The summed E-state index contributed by atoms with van der Waals surface area (Å²) >= 11 is 0. The number of benzene rings is 1. The minimum atomic E-state index is -4.51. The van der Waals surface area contributed by atoms with E-state index in [9.17, 15) is 23.1 Å². The molecule has 2 aromatic heterocycles. The maximum atomic E-state index is 13.6. The van der Waals surface area contributed by atoms with Gasteiger partial charge in [-0.2, -0.15) is 18.3 Å². The van der Waals surface area contributed by atoms with Gasteiger partial charge >= 0.3 is 6.18 Å². The lowest BCUT2D eigenvalue weighted by molar-refractivity contribution is -0.141. The van der Waals surface area contributed by atoms with E-state index in [1.165, 1.54) is 16.8 Å². The molecule has 0 aliphatic carbocycles. The standard InChI is InChI=1S/C23H23F3N4O2/c24-23(25,26)21-17(19-4-1-2-12-30(19)28-21)10-13-29-11-3-5-18(29)16-8-6-15(7-9-16)14-20(31)22(27)32/h1-2,4,6-9,12,14,18,31H,3,5,10-11,13H2,(H2,27,32)/t18-/m0/s1. The summed E-state index contributed by atoms with van der Waals surface area (Å²) < 4.78 is 42.0. The third kappa shape index (κ3) is 4.47. The van der Waals surface area contributed by atoms with Gasteiger partial charge in [-0.05, 0) is 55.1 Å². The number of alkyl halides is 3. The smallest absolute Gasteiger partial charge is 0.435 e. The molecule has 1 aliphatic rings. The van der Waals surface area contributed by atoms with Gasteiger partial charge in [0.25, 0.3) is 5.91 Å². The van der Waals surface area contributed by atoms with E-state index >= 15 is 0 Å². The van der Waals surface area contributed by atoms with Gasteiger partial charge in [0.2, 0.25) is 0 Å². The van der Waals surface area contributed by atoms with E-state index in [4.69, 9.17) is 5.73 Å². The van der Waals surface area contributed by atoms with Gasteiger partial charge in [-0.1, -0.05) is 30.3 Å². The Bertz CT molecular complexity index is 1150. The average molecular weight is 444 g/mol. The Morgan fingerprint density at radius 1 is 1.22 bits per heavy atom. The summed E-state index contributed by atoms with van der Waals surface area (Å²) in [7, 11) is 0. The van der Waals surface area contributed by atoms with Gasteiger partial charge in [0, 0.05) is 24.3 Å². The molecule has 3 aromatic rings. The van der Waals surface area contributed by atoms with Gasteiger partial charge in [0.1, 0.15) is 0 Å². The number of carbonyl (C=O) groups is 1. The third-order valence-corrected chi connectivity index (χ3v) is 5.80. The summed E-state index contributed by atoms with van der Waals surface area (Å²) in [6.07, 6.45) is 0.414. The number of hydrogen-bond acceptors (Lipinski definition) is 4. The molecule has 1 aliphatic heterocycles. The van der Waals surface area contributed by atoms with Gasteiger partial charge in [-0.15, -0.1) is 0 Å². The molecular formula is C23H23F3N4O2. The number of likely N-dealkylation sites (tertiary alicyclic amines) is 1. The van der Waals surface area contributed by atoms with Gasteiger partial charge < -0.3 is 10.8 Å². The molecule has 3 heterocycles. The maximum Gasteiger partial charge on any atom is 0.435 e. The Morgan fingerprint density at radius 2 is 1.97 bits per heavy atom. The average Bonchev–Trinajstić information content (AvgIpc) is 3.37. The fourth-order valence-electron chi connectivity index (χ4n) is 4.29. The first-order valence-corrected chi connectivity index (χ1v) is 10.3. The van der Waals surface area contributed by atoms with Gasteiger partial charge in [0.15, 0.2) is 11.5 Å². The number of fused-ring (bicyclic) bond motifs is 1. The van der Waals surface area contributed by atoms with Crippen LogP contribution >= 0.6 is 0 Å². The topological polar surface area (TPSA) is 83.9 Å². The summed E-state index contributed by atoms with van der Waals surface area (Å²) in [5.74, 6) is -1.42. The fraction of sp³-hybridized carbons (Fsp3) is 0.304. The molecule has 3 N–H and O–H groups in total. The molecule has 32 heavy (non-hydrogen) atoms. The number of nitrogens with two attached hydrogens (primary N) is 1. The van der Waals surface area contributed by atoms with Crippen molar-refractivity contribution in [2.24, 2.45) is 5.73 Å². The van der Waals surface area contributed by atoms with Gasteiger partial charge in [-0.3, -0.25) is 9.69 Å². The highest BCUT2D eigenvalue weighted by Crippen LogP contribution is 2.35. The first-order chi connectivity index (χ1) is 15.2. The van der Waals surface area contributed by atoms with Crippen LogP contribution in [-0.2, 0) is 17.4 Å². The van der Waals surface area contributed by atoms with Crippen LogP contribution in [-0.4, -0.2) is 38.6 Å². The molecule has 4 rings (SSSR count). The van der Waals surface area contributed by atoms with Gasteiger partial charge in [-0.25, -0.2) is 4.52 Å².